The first-order valence-electron chi connectivity index (χ1n) is 10.4. The molecule has 3 aromatic carbocycles. The molecular weight excluding hydrogens is 409 g/mol. The Labute approximate surface area is 185 Å². The van der Waals surface area contributed by atoms with E-state index in [1.807, 2.05) is 13.8 Å². The number of carbonyl (C=O) groups is 1. The first-order valence-corrected chi connectivity index (χ1v) is 10.4. The number of amides is 1. The summed E-state index contributed by atoms with van der Waals surface area (Å²) in [6, 6.07) is 14.3. The fourth-order valence-electron chi connectivity index (χ4n) is 3.84. The number of ether oxygens (including phenoxy) is 1. The maximum absolute atomic E-state index is 13.7. The van der Waals surface area contributed by atoms with Crippen molar-refractivity contribution in [2.75, 3.05) is 13.7 Å². The van der Waals surface area contributed by atoms with Gasteiger partial charge in [0.05, 0.1) is 24.4 Å². The molecule has 1 heterocycles. The van der Waals surface area contributed by atoms with Crippen molar-refractivity contribution < 1.29 is 19.0 Å². The smallest absolute Gasteiger partial charge is 0.254 e. The molecule has 0 aliphatic carbocycles. The Morgan fingerprint density at radius 1 is 1.22 bits per heavy atom. The summed E-state index contributed by atoms with van der Waals surface area (Å²) in [6.07, 6.45) is 1.67. The minimum atomic E-state index is -0.426. The van der Waals surface area contributed by atoms with Gasteiger partial charge in [0.2, 0.25) is 0 Å². The lowest BCUT2D eigenvalue weighted by molar-refractivity contribution is 0.0741. The number of rotatable bonds is 6. The standard InChI is InChI=1S/C25H24FN3O3/c1-4-32-22-13-17(8-10-20(22)16-6-5-7-19(26)12-16)25(31)29(3)15(2)23-21(30)11-9-18-14-27-28-24(18)23/h5-15,30H,4H2,1-3H3,(H,27,28)/t15-/m0/s1. The molecule has 4 rings (SSSR count). The van der Waals surface area contributed by atoms with E-state index >= 15 is 0 Å². The van der Waals surface area contributed by atoms with Crippen molar-refractivity contribution in [3.63, 3.8) is 0 Å². The number of aromatic hydroxyl groups is 1. The van der Waals surface area contributed by atoms with Crippen molar-refractivity contribution in [3.8, 4) is 22.6 Å². The quantitative estimate of drug-likeness (QED) is 0.432. The van der Waals surface area contributed by atoms with E-state index in [0.717, 1.165) is 5.39 Å². The lowest BCUT2D eigenvalue weighted by Gasteiger charge is -2.26. The molecule has 32 heavy (non-hydrogen) atoms. The molecule has 0 spiro atoms. The Balaban J connectivity index is 1.68. The van der Waals surface area contributed by atoms with Gasteiger partial charge in [0, 0.05) is 29.1 Å². The molecule has 2 N–H and O–H groups in total. The summed E-state index contributed by atoms with van der Waals surface area (Å²) in [5.74, 6) is 0.0143. The number of hydrogen-bond donors (Lipinski definition) is 2. The zero-order valence-corrected chi connectivity index (χ0v) is 18.1. The molecule has 4 aromatic rings. The molecule has 0 saturated carbocycles. The second-order valence-electron chi connectivity index (χ2n) is 7.58. The zero-order valence-electron chi connectivity index (χ0n) is 18.1. The summed E-state index contributed by atoms with van der Waals surface area (Å²) < 4.78 is 19.5. The Morgan fingerprint density at radius 2 is 2.03 bits per heavy atom. The highest BCUT2D eigenvalue weighted by Gasteiger charge is 2.24. The SMILES string of the molecule is CCOc1cc(C(=O)N(C)[C@@H](C)c2c(O)ccc3cn[nH]c23)ccc1-c1cccc(F)c1. The summed E-state index contributed by atoms with van der Waals surface area (Å²) in [5.41, 5.74) is 3.09. The summed E-state index contributed by atoms with van der Waals surface area (Å²) in [7, 11) is 1.68. The molecule has 1 amide bonds. The van der Waals surface area contributed by atoms with Crippen molar-refractivity contribution in [1.29, 1.82) is 0 Å². The number of nitrogens with zero attached hydrogens (tertiary/aromatic N) is 2. The van der Waals surface area contributed by atoms with Crippen molar-refractivity contribution >= 4 is 16.8 Å². The second-order valence-corrected chi connectivity index (χ2v) is 7.58. The second kappa shape index (κ2) is 8.70. The molecule has 164 valence electrons. The van der Waals surface area contributed by atoms with Crippen molar-refractivity contribution in [2.45, 2.75) is 19.9 Å². The van der Waals surface area contributed by atoms with Gasteiger partial charge in [-0.3, -0.25) is 9.89 Å². The van der Waals surface area contributed by atoms with Crippen molar-refractivity contribution in [1.82, 2.24) is 15.1 Å². The van der Waals surface area contributed by atoms with E-state index in [2.05, 4.69) is 10.2 Å². The van der Waals surface area contributed by atoms with Crippen LogP contribution in [0.15, 0.2) is 60.8 Å². The van der Waals surface area contributed by atoms with Crippen molar-refractivity contribution in [2.24, 2.45) is 0 Å². The zero-order chi connectivity index (χ0) is 22.8. The maximum Gasteiger partial charge on any atom is 0.254 e. The largest absolute Gasteiger partial charge is 0.508 e. The molecule has 0 aliphatic heterocycles. The molecule has 0 radical (unpaired) electrons. The molecule has 0 bridgehead atoms. The average Bonchev–Trinajstić information content (AvgIpc) is 3.26. The van der Waals surface area contributed by atoms with Gasteiger partial charge in [0.15, 0.2) is 0 Å². The lowest BCUT2D eigenvalue weighted by Crippen LogP contribution is -2.30. The van der Waals surface area contributed by atoms with E-state index in [9.17, 15) is 14.3 Å². The number of aromatic amines is 1. The third-order valence-electron chi connectivity index (χ3n) is 5.62. The van der Waals surface area contributed by atoms with Crippen LogP contribution in [0.1, 0.15) is 35.8 Å². The van der Waals surface area contributed by atoms with Crippen LogP contribution in [0.5, 0.6) is 11.5 Å². The fourth-order valence-corrected chi connectivity index (χ4v) is 3.84. The highest BCUT2D eigenvalue weighted by molar-refractivity contribution is 5.96. The van der Waals surface area contributed by atoms with Gasteiger partial charge in [-0.15, -0.1) is 0 Å². The number of benzene rings is 3. The van der Waals surface area contributed by atoms with Gasteiger partial charge < -0.3 is 14.7 Å². The summed E-state index contributed by atoms with van der Waals surface area (Å²) in [6.45, 7) is 4.10. The number of nitrogens with one attached hydrogen (secondary N) is 1. The number of phenolic OH excluding ortho intramolecular Hbond substituents is 1. The third-order valence-corrected chi connectivity index (χ3v) is 5.62. The number of fused-ring (bicyclic) bond motifs is 1. The minimum Gasteiger partial charge on any atom is -0.508 e. The van der Waals surface area contributed by atoms with Gasteiger partial charge in [-0.25, -0.2) is 4.39 Å². The van der Waals surface area contributed by atoms with Gasteiger partial charge >= 0.3 is 0 Å². The molecule has 7 heteroatoms. The summed E-state index contributed by atoms with van der Waals surface area (Å²) in [4.78, 5) is 14.9. The number of hydrogen-bond acceptors (Lipinski definition) is 4. The predicted octanol–water partition coefficient (Wildman–Crippen LogP) is 5.31. The molecule has 0 unspecified atom stereocenters. The third kappa shape index (κ3) is 3.89. The molecule has 1 atom stereocenters. The molecular formula is C25H24FN3O3. The summed E-state index contributed by atoms with van der Waals surface area (Å²) in [5, 5.41) is 18.3. The van der Waals surface area contributed by atoms with E-state index in [0.29, 0.717) is 40.1 Å². The Morgan fingerprint density at radius 3 is 2.78 bits per heavy atom. The molecule has 0 fully saturated rings. The monoisotopic (exact) mass is 433 g/mol. The lowest BCUT2D eigenvalue weighted by atomic mass is 10.00. The minimum absolute atomic E-state index is 0.0883. The summed E-state index contributed by atoms with van der Waals surface area (Å²) >= 11 is 0. The maximum atomic E-state index is 13.7. The van der Waals surface area contributed by atoms with E-state index in [1.54, 1.807) is 60.6 Å². The van der Waals surface area contributed by atoms with Gasteiger partial charge in [-0.2, -0.15) is 5.10 Å². The van der Waals surface area contributed by atoms with Crippen LogP contribution >= 0.6 is 0 Å². The number of H-pyrrole nitrogens is 1. The van der Waals surface area contributed by atoms with Crippen LogP contribution in [0.25, 0.3) is 22.0 Å². The average molecular weight is 433 g/mol. The number of aromatic nitrogens is 2. The van der Waals surface area contributed by atoms with Gasteiger partial charge in [-0.1, -0.05) is 12.1 Å². The van der Waals surface area contributed by atoms with Crippen LogP contribution < -0.4 is 4.74 Å². The molecule has 0 saturated heterocycles. The molecule has 1 aromatic heterocycles. The van der Waals surface area contributed by atoms with Crippen LogP contribution in [0.4, 0.5) is 4.39 Å². The van der Waals surface area contributed by atoms with Crippen LogP contribution in [0, 0.1) is 5.82 Å². The van der Waals surface area contributed by atoms with E-state index in [-0.39, 0.29) is 17.5 Å². The topological polar surface area (TPSA) is 78.4 Å². The van der Waals surface area contributed by atoms with Gasteiger partial charge in [-0.05, 0) is 61.9 Å². The number of phenols is 1. The Kier molecular flexibility index (Phi) is 5.81. The Bertz CT molecular complexity index is 1280. The van der Waals surface area contributed by atoms with Crippen LogP contribution in [0.2, 0.25) is 0 Å². The normalized spacial score (nSPS) is 12.0. The van der Waals surface area contributed by atoms with E-state index in [4.69, 9.17) is 4.74 Å². The van der Waals surface area contributed by atoms with Crippen LogP contribution in [0.3, 0.4) is 0 Å². The van der Waals surface area contributed by atoms with Crippen molar-refractivity contribution in [3.05, 3.63) is 77.7 Å². The van der Waals surface area contributed by atoms with Gasteiger partial charge in [0.25, 0.3) is 5.91 Å². The number of carbonyl (C=O) groups excluding carboxylic acids is 1. The van der Waals surface area contributed by atoms with E-state index in [1.165, 1.54) is 12.1 Å². The highest BCUT2D eigenvalue weighted by Crippen LogP contribution is 2.36. The molecule has 6 nitrogen and oxygen atoms in total. The first-order chi connectivity index (χ1) is 15.4. The highest BCUT2D eigenvalue weighted by atomic mass is 19.1. The fraction of sp³-hybridized carbons (Fsp3) is 0.200. The predicted molar refractivity (Wildman–Crippen MR) is 121 cm³/mol. The van der Waals surface area contributed by atoms with E-state index < -0.39 is 6.04 Å². The van der Waals surface area contributed by atoms with Crippen LogP contribution in [-0.4, -0.2) is 39.8 Å². The molecule has 0 aliphatic rings. The van der Waals surface area contributed by atoms with Gasteiger partial charge in [0.1, 0.15) is 17.3 Å². The Hall–Kier alpha value is -3.87. The number of halogens is 1. The first kappa shape index (κ1) is 21.4. The van der Waals surface area contributed by atoms with Crippen LogP contribution in [-0.2, 0) is 0 Å².